The number of hydrogen-bond donors (Lipinski definition) is 1. The normalized spacial score (nSPS) is 12.4. The number of rotatable bonds is 9. The second kappa shape index (κ2) is 11.0. The smallest absolute Gasteiger partial charge is 0.307 e. The first-order valence-electron chi connectivity index (χ1n) is 10.8. The minimum absolute atomic E-state index is 0.100. The molecule has 0 saturated heterocycles. The molecule has 2 aromatic carbocycles. The van der Waals surface area contributed by atoms with Gasteiger partial charge in [-0.05, 0) is 53.1 Å². The van der Waals surface area contributed by atoms with Crippen molar-refractivity contribution < 1.29 is 19.1 Å². The van der Waals surface area contributed by atoms with E-state index in [0.717, 1.165) is 17.7 Å². The summed E-state index contributed by atoms with van der Waals surface area (Å²) in [5.41, 5.74) is 2.94. The summed E-state index contributed by atoms with van der Waals surface area (Å²) >= 11 is 0. The number of nitrogens with one attached hydrogen (secondary N) is 1. The van der Waals surface area contributed by atoms with Crippen LogP contribution in [0, 0.1) is 5.92 Å². The Morgan fingerprint density at radius 3 is 2.10 bits per heavy atom. The fraction of sp³-hybridized carbons (Fsp3) is 0.462. The molecule has 0 heterocycles. The van der Waals surface area contributed by atoms with Crippen LogP contribution in [-0.4, -0.2) is 25.5 Å². The number of esters is 1. The molecule has 0 aliphatic carbocycles. The third kappa shape index (κ3) is 7.74. The van der Waals surface area contributed by atoms with Crippen LogP contribution in [0.15, 0.2) is 48.5 Å². The zero-order valence-electron chi connectivity index (χ0n) is 19.5. The van der Waals surface area contributed by atoms with E-state index >= 15 is 0 Å². The molecule has 0 fully saturated rings. The lowest BCUT2D eigenvalue weighted by Crippen LogP contribution is -2.26. The van der Waals surface area contributed by atoms with Gasteiger partial charge in [-0.15, -0.1) is 0 Å². The van der Waals surface area contributed by atoms with Crippen molar-refractivity contribution in [2.75, 3.05) is 13.7 Å². The van der Waals surface area contributed by atoms with E-state index in [1.165, 1.54) is 12.7 Å². The molecule has 0 aromatic heterocycles. The number of carbonyl (C=O) groups excluding carboxylic acids is 2. The average molecular weight is 426 g/mol. The van der Waals surface area contributed by atoms with Crippen LogP contribution in [0.1, 0.15) is 75.0 Å². The Morgan fingerprint density at radius 2 is 1.58 bits per heavy atom. The van der Waals surface area contributed by atoms with E-state index in [1.807, 2.05) is 24.3 Å². The highest BCUT2D eigenvalue weighted by Gasteiger charge is 2.18. The topological polar surface area (TPSA) is 64.6 Å². The summed E-state index contributed by atoms with van der Waals surface area (Å²) in [7, 11) is 1.33. The Labute approximate surface area is 186 Å². The molecule has 5 heteroatoms. The van der Waals surface area contributed by atoms with Crippen LogP contribution in [0.5, 0.6) is 5.75 Å². The van der Waals surface area contributed by atoms with E-state index in [0.29, 0.717) is 11.5 Å². The summed E-state index contributed by atoms with van der Waals surface area (Å²) in [6.45, 7) is 11.2. The number of carbonyl (C=O) groups is 2. The van der Waals surface area contributed by atoms with Gasteiger partial charge in [-0.3, -0.25) is 9.59 Å². The molecule has 168 valence electrons. The fourth-order valence-corrected chi connectivity index (χ4v) is 3.21. The van der Waals surface area contributed by atoms with Crippen molar-refractivity contribution in [2.45, 2.75) is 59.0 Å². The van der Waals surface area contributed by atoms with Gasteiger partial charge in [-0.1, -0.05) is 58.9 Å². The molecule has 1 atom stereocenters. The summed E-state index contributed by atoms with van der Waals surface area (Å²) in [5, 5.41) is 2.73. The van der Waals surface area contributed by atoms with Crippen molar-refractivity contribution >= 4 is 11.9 Å². The van der Waals surface area contributed by atoms with Crippen LogP contribution in [-0.2, 0) is 14.9 Å². The number of methoxy groups -OCH3 is 1. The van der Waals surface area contributed by atoms with Crippen LogP contribution in [0.25, 0.3) is 0 Å². The SMILES string of the molecule is COC(=O)CCNC(=O)c1ccc(C(CC(C)C)Oc2ccc(C(C)(C)C)cc2)cc1. The summed E-state index contributed by atoms with van der Waals surface area (Å²) in [6, 6.07) is 15.7. The molecule has 2 rings (SSSR count). The molecule has 0 aliphatic rings. The second-order valence-electron chi connectivity index (χ2n) is 9.21. The highest BCUT2D eigenvalue weighted by atomic mass is 16.5. The van der Waals surface area contributed by atoms with Gasteiger partial charge in [0.25, 0.3) is 5.91 Å². The van der Waals surface area contributed by atoms with Crippen molar-refractivity contribution in [3.63, 3.8) is 0 Å². The van der Waals surface area contributed by atoms with Crippen LogP contribution in [0.2, 0.25) is 0 Å². The Bertz CT molecular complexity index is 848. The van der Waals surface area contributed by atoms with Gasteiger partial charge >= 0.3 is 5.97 Å². The van der Waals surface area contributed by atoms with Gasteiger partial charge in [0.15, 0.2) is 0 Å². The van der Waals surface area contributed by atoms with Gasteiger partial charge < -0.3 is 14.8 Å². The molecule has 1 N–H and O–H groups in total. The summed E-state index contributed by atoms with van der Waals surface area (Å²) in [4.78, 5) is 23.5. The van der Waals surface area contributed by atoms with Crippen LogP contribution < -0.4 is 10.1 Å². The Kier molecular flexibility index (Phi) is 8.66. The van der Waals surface area contributed by atoms with E-state index in [2.05, 4.69) is 56.8 Å². The molecule has 5 nitrogen and oxygen atoms in total. The van der Waals surface area contributed by atoms with Crippen molar-refractivity contribution in [1.29, 1.82) is 0 Å². The average Bonchev–Trinajstić information content (AvgIpc) is 2.72. The Morgan fingerprint density at radius 1 is 0.968 bits per heavy atom. The second-order valence-corrected chi connectivity index (χ2v) is 9.21. The summed E-state index contributed by atoms with van der Waals surface area (Å²) in [5.74, 6) is 0.734. The minimum Gasteiger partial charge on any atom is -0.486 e. The first-order chi connectivity index (χ1) is 14.6. The Balaban J connectivity index is 2.08. The fourth-order valence-electron chi connectivity index (χ4n) is 3.21. The monoisotopic (exact) mass is 425 g/mol. The molecule has 0 spiro atoms. The lowest BCUT2D eigenvalue weighted by molar-refractivity contribution is -0.140. The zero-order valence-corrected chi connectivity index (χ0v) is 19.5. The largest absolute Gasteiger partial charge is 0.486 e. The maximum atomic E-state index is 12.3. The molecule has 2 aromatic rings. The van der Waals surface area contributed by atoms with E-state index in [-0.39, 0.29) is 36.4 Å². The third-order valence-electron chi connectivity index (χ3n) is 5.07. The van der Waals surface area contributed by atoms with Crippen LogP contribution in [0.3, 0.4) is 0 Å². The predicted octanol–water partition coefficient (Wildman–Crippen LogP) is 5.44. The summed E-state index contributed by atoms with van der Waals surface area (Å²) < 4.78 is 10.9. The van der Waals surface area contributed by atoms with Gasteiger partial charge in [-0.2, -0.15) is 0 Å². The van der Waals surface area contributed by atoms with Crippen LogP contribution in [0.4, 0.5) is 0 Å². The van der Waals surface area contributed by atoms with E-state index in [9.17, 15) is 9.59 Å². The minimum atomic E-state index is -0.347. The molecule has 1 unspecified atom stereocenters. The number of benzene rings is 2. The van der Waals surface area contributed by atoms with E-state index in [1.54, 1.807) is 12.1 Å². The van der Waals surface area contributed by atoms with Crippen molar-refractivity contribution in [2.24, 2.45) is 5.92 Å². The highest BCUT2D eigenvalue weighted by molar-refractivity contribution is 5.94. The molecule has 0 aliphatic heterocycles. The van der Waals surface area contributed by atoms with Crippen molar-refractivity contribution in [3.05, 3.63) is 65.2 Å². The quantitative estimate of drug-likeness (QED) is 0.543. The summed E-state index contributed by atoms with van der Waals surface area (Å²) in [6.07, 6.45) is 0.918. The van der Waals surface area contributed by atoms with Gasteiger partial charge in [0.2, 0.25) is 0 Å². The maximum Gasteiger partial charge on any atom is 0.307 e. The maximum absolute atomic E-state index is 12.3. The lowest BCUT2D eigenvalue weighted by Gasteiger charge is -2.23. The molecule has 0 saturated carbocycles. The number of ether oxygens (including phenoxy) is 2. The zero-order chi connectivity index (χ0) is 23.0. The van der Waals surface area contributed by atoms with Gasteiger partial charge in [0, 0.05) is 12.1 Å². The molecule has 31 heavy (non-hydrogen) atoms. The lowest BCUT2D eigenvalue weighted by atomic mass is 9.87. The third-order valence-corrected chi connectivity index (χ3v) is 5.07. The molecular weight excluding hydrogens is 390 g/mol. The molecule has 1 amide bonds. The molecular formula is C26H35NO4. The molecule has 0 bridgehead atoms. The predicted molar refractivity (Wildman–Crippen MR) is 123 cm³/mol. The van der Waals surface area contributed by atoms with Gasteiger partial charge in [-0.25, -0.2) is 0 Å². The van der Waals surface area contributed by atoms with Crippen LogP contribution >= 0.6 is 0 Å². The standard InChI is InChI=1S/C26H35NO4/c1-18(2)17-23(31-22-13-11-21(12-14-22)26(3,4)5)19-7-9-20(10-8-19)25(29)27-16-15-24(28)30-6/h7-14,18,23H,15-17H2,1-6H3,(H,27,29). The van der Waals surface area contributed by atoms with E-state index < -0.39 is 0 Å². The van der Waals surface area contributed by atoms with Crippen molar-refractivity contribution in [3.8, 4) is 5.75 Å². The number of hydrogen-bond acceptors (Lipinski definition) is 4. The Hall–Kier alpha value is -2.82. The first kappa shape index (κ1) is 24.4. The van der Waals surface area contributed by atoms with Gasteiger partial charge in [0.05, 0.1) is 13.5 Å². The number of amides is 1. The highest BCUT2D eigenvalue weighted by Crippen LogP contribution is 2.30. The van der Waals surface area contributed by atoms with E-state index in [4.69, 9.17) is 4.74 Å². The molecule has 0 radical (unpaired) electrons. The van der Waals surface area contributed by atoms with Crippen molar-refractivity contribution in [1.82, 2.24) is 5.32 Å². The first-order valence-corrected chi connectivity index (χ1v) is 10.8. The van der Waals surface area contributed by atoms with Gasteiger partial charge in [0.1, 0.15) is 11.9 Å².